The minimum atomic E-state index is -3.62. The molecule has 0 fully saturated rings. The van der Waals surface area contributed by atoms with Crippen LogP contribution < -0.4 is 16.2 Å². The van der Waals surface area contributed by atoms with Crippen molar-refractivity contribution < 1.29 is 17.9 Å². The molecule has 1 unspecified atom stereocenters. The maximum Gasteiger partial charge on any atom is 0.243 e. The van der Waals surface area contributed by atoms with Crippen LogP contribution in [0.1, 0.15) is 18.5 Å². The summed E-state index contributed by atoms with van der Waals surface area (Å²) in [6.07, 6.45) is 0. The smallest absolute Gasteiger partial charge is 0.243 e. The molecule has 0 radical (unpaired) electrons. The number of benzene rings is 1. The quantitative estimate of drug-likeness (QED) is 0.558. The molecule has 8 heteroatoms. The molecule has 7 nitrogen and oxygen atoms in total. The van der Waals surface area contributed by atoms with Crippen LogP contribution >= 0.6 is 0 Å². The lowest BCUT2D eigenvalue weighted by Crippen LogP contribution is -2.29. The highest BCUT2D eigenvalue weighted by molar-refractivity contribution is 7.89. The van der Waals surface area contributed by atoms with Crippen LogP contribution in [0.3, 0.4) is 0 Å². The molecule has 1 atom stereocenters. The lowest BCUT2D eigenvalue weighted by atomic mass is 10.1. The van der Waals surface area contributed by atoms with Crippen molar-refractivity contribution >= 4 is 15.9 Å². The maximum atomic E-state index is 12.0. The normalized spacial score (nSPS) is 13.1. The first-order valence-electron chi connectivity index (χ1n) is 6.04. The summed E-state index contributed by atoms with van der Waals surface area (Å²) in [5.41, 5.74) is 11.3. The van der Waals surface area contributed by atoms with Crippen LogP contribution in [-0.2, 0) is 19.6 Å². The number of primary amides is 1. The molecule has 20 heavy (non-hydrogen) atoms. The average molecular weight is 301 g/mol. The van der Waals surface area contributed by atoms with Gasteiger partial charge in [0.15, 0.2) is 0 Å². The number of amides is 1. The second-order valence-corrected chi connectivity index (χ2v) is 6.04. The molecule has 0 saturated heterocycles. The third-order valence-electron chi connectivity index (χ3n) is 2.48. The van der Waals surface area contributed by atoms with Crippen molar-refractivity contribution in [1.82, 2.24) is 4.72 Å². The minimum Gasteiger partial charge on any atom is -0.370 e. The highest BCUT2D eigenvalue weighted by Crippen LogP contribution is 2.15. The van der Waals surface area contributed by atoms with Crippen LogP contribution in [0.2, 0.25) is 0 Å². The third kappa shape index (κ3) is 5.25. The van der Waals surface area contributed by atoms with E-state index >= 15 is 0 Å². The van der Waals surface area contributed by atoms with E-state index in [9.17, 15) is 13.2 Å². The zero-order chi connectivity index (χ0) is 15.2. The second-order valence-electron chi connectivity index (χ2n) is 4.28. The summed E-state index contributed by atoms with van der Waals surface area (Å²) in [5, 5.41) is 0. The summed E-state index contributed by atoms with van der Waals surface area (Å²) in [6, 6.07) is 6.16. The van der Waals surface area contributed by atoms with Crippen LogP contribution in [0, 0.1) is 0 Å². The van der Waals surface area contributed by atoms with Crippen molar-refractivity contribution in [2.75, 3.05) is 19.8 Å². The molecule has 0 aliphatic carbocycles. The van der Waals surface area contributed by atoms with Gasteiger partial charge in [0, 0.05) is 12.6 Å². The average Bonchev–Trinajstić information content (AvgIpc) is 2.38. The van der Waals surface area contributed by atoms with Gasteiger partial charge in [0.05, 0.1) is 11.5 Å². The molecule has 1 amide bonds. The van der Waals surface area contributed by atoms with Crippen molar-refractivity contribution in [2.45, 2.75) is 17.9 Å². The number of hydrogen-bond donors (Lipinski definition) is 3. The Morgan fingerprint density at radius 3 is 2.75 bits per heavy atom. The minimum absolute atomic E-state index is 0.0536. The first-order chi connectivity index (χ1) is 9.33. The van der Waals surface area contributed by atoms with E-state index in [0.717, 1.165) is 5.56 Å². The fourth-order valence-electron chi connectivity index (χ4n) is 1.47. The van der Waals surface area contributed by atoms with Gasteiger partial charge in [-0.15, -0.1) is 0 Å². The molecule has 1 aromatic carbocycles. The van der Waals surface area contributed by atoms with E-state index in [1.54, 1.807) is 19.1 Å². The van der Waals surface area contributed by atoms with E-state index in [-0.39, 0.29) is 30.7 Å². The van der Waals surface area contributed by atoms with E-state index in [4.69, 9.17) is 16.2 Å². The predicted octanol–water partition coefficient (Wildman–Crippen LogP) is -0.513. The number of rotatable bonds is 8. The fourth-order valence-corrected chi connectivity index (χ4v) is 2.54. The Balaban J connectivity index is 2.60. The van der Waals surface area contributed by atoms with Gasteiger partial charge in [0.2, 0.25) is 15.9 Å². The fraction of sp³-hybridized carbons (Fsp3) is 0.417. The summed E-state index contributed by atoms with van der Waals surface area (Å²) in [7, 11) is -3.62. The van der Waals surface area contributed by atoms with Gasteiger partial charge in [-0.1, -0.05) is 12.1 Å². The molecule has 0 bridgehead atoms. The van der Waals surface area contributed by atoms with Gasteiger partial charge in [-0.05, 0) is 24.6 Å². The van der Waals surface area contributed by atoms with E-state index < -0.39 is 15.9 Å². The van der Waals surface area contributed by atoms with Gasteiger partial charge in [-0.25, -0.2) is 13.1 Å². The van der Waals surface area contributed by atoms with Crippen LogP contribution in [0.5, 0.6) is 0 Å². The lowest BCUT2D eigenvalue weighted by Gasteiger charge is -2.10. The summed E-state index contributed by atoms with van der Waals surface area (Å²) in [6.45, 7) is 1.66. The Morgan fingerprint density at radius 1 is 1.45 bits per heavy atom. The van der Waals surface area contributed by atoms with Gasteiger partial charge >= 0.3 is 0 Å². The van der Waals surface area contributed by atoms with Crippen molar-refractivity contribution in [2.24, 2.45) is 11.5 Å². The lowest BCUT2D eigenvalue weighted by molar-refractivity contribution is -0.122. The summed E-state index contributed by atoms with van der Waals surface area (Å²) in [4.78, 5) is 10.6. The number of carbonyl (C=O) groups excluding carboxylic acids is 1. The number of hydrogen-bond acceptors (Lipinski definition) is 5. The first kappa shape index (κ1) is 16.6. The van der Waals surface area contributed by atoms with Crippen molar-refractivity contribution in [1.29, 1.82) is 0 Å². The third-order valence-corrected chi connectivity index (χ3v) is 3.94. The highest BCUT2D eigenvalue weighted by atomic mass is 32.2. The molecular weight excluding hydrogens is 282 g/mol. The summed E-state index contributed by atoms with van der Waals surface area (Å²) >= 11 is 0. The zero-order valence-corrected chi connectivity index (χ0v) is 12.0. The SMILES string of the molecule is CC(N)c1cccc(S(=O)(=O)NCCOCC(N)=O)c1. The van der Waals surface area contributed by atoms with E-state index in [1.807, 2.05) is 0 Å². The molecule has 0 aromatic heterocycles. The maximum absolute atomic E-state index is 12.0. The van der Waals surface area contributed by atoms with Gasteiger partial charge in [-0.3, -0.25) is 4.79 Å². The van der Waals surface area contributed by atoms with Crippen molar-refractivity contribution in [3.63, 3.8) is 0 Å². The Bertz CT molecular complexity index is 558. The number of sulfonamides is 1. The Hall–Kier alpha value is -1.48. The van der Waals surface area contributed by atoms with Crippen LogP contribution in [0.15, 0.2) is 29.2 Å². The molecule has 0 aliphatic heterocycles. The van der Waals surface area contributed by atoms with Gasteiger partial charge in [-0.2, -0.15) is 0 Å². The highest BCUT2D eigenvalue weighted by Gasteiger charge is 2.14. The van der Waals surface area contributed by atoms with Gasteiger partial charge in [0.25, 0.3) is 0 Å². The first-order valence-corrected chi connectivity index (χ1v) is 7.52. The van der Waals surface area contributed by atoms with Gasteiger partial charge in [0.1, 0.15) is 6.61 Å². The number of ether oxygens (including phenoxy) is 1. The predicted molar refractivity (Wildman–Crippen MR) is 74.2 cm³/mol. The van der Waals surface area contributed by atoms with Crippen LogP contribution in [0.4, 0.5) is 0 Å². The van der Waals surface area contributed by atoms with E-state index in [0.29, 0.717) is 0 Å². The number of carbonyl (C=O) groups is 1. The van der Waals surface area contributed by atoms with Crippen molar-refractivity contribution in [3.8, 4) is 0 Å². The number of nitrogens with two attached hydrogens (primary N) is 2. The number of nitrogens with one attached hydrogen (secondary N) is 1. The van der Waals surface area contributed by atoms with E-state index in [2.05, 4.69) is 4.72 Å². The molecule has 0 spiro atoms. The summed E-state index contributed by atoms with van der Waals surface area (Å²) in [5.74, 6) is -0.600. The molecular formula is C12H19N3O4S. The Morgan fingerprint density at radius 2 is 2.15 bits per heavy atom. The van der Waals surface area contributed by atoms with Crippen LogP contribution in [-0.4, -0.2) is 34.1 Å². The largest absolute Gasteiger partial charge is 0.370 e. The zero-order valence-electron chi connectivity index (χ0n) is 11.2. The molecule has 0 saturated carbocycles. The Kier molecular flexibility index (Phi) is 6.08. The van der Waals surface area contributed by atoms with Crippen LogP contribution in [0.25, 0.3) is 0 Å². The summed E-state index contributed by atoms with van der Waals surface area (Å²) < 4.78 is 31.2. The molecule has 5 N–H and O–H groups in total. The molecule has 112 valence electrons. The molecule has 0 heterocycles. The standard InChI is InChI=1S/C12H19N3O4S/c1-9(13)10-3-2-4-11(7-10)20(17,18)15-5-6-19-8-12(14)16/h2-4,7,9,15H,5-6,8,13H2,1H3,(H2,14,16). The van der Waals surface area contributed by atoms with Crippen molar-refractivity contribution in [3.05, 3.63) is 29.8 Å². The molecule has 1 aromatic rings. The Labute approximate surface area is 118 Å². The topological polar surface area (TPSA) is 125 Å². The van der Waals surface area contributed by atoms with E-state index in [1.165, 1.54) is 12.1 Å². The second kappa shape index (κ2) is 7.34. The molecule has 1 rings (SSSR count). The van der Waals surface area contributed by atoms with Gasteiger partial charge < -0.3 is 16.2 Å². The molecule has 0 aliphatic rings. The monoisotopic (exact) mass is 301 g/mol.